The fraction of sp³-hybridized carbons (Fsp3) is 0.562. The molecular weight excluding hydrogens is 254 g/mol. The summed E-state index contributed by atoms with van der Waals surface area (Å²) in [6, 6.07) is 7.27. The van der Waals surface area contributed by atoms with Crippen LogP contribution in [0.3, 0.4) is 0 Å². The molecule has 0 fully saturated rings. The molecule has 0 aliphatic heterocycles. The van der Waals surface area contributed by atoms with Crippen LogP contribution in [0.5, 0.6) is 0 Å². The van der Waals surface area contributed by atoms with Crippen molar-refractivity contribution in [1.82, 2.24) is 5.32 Å². The molecule has 0 aromatic heterocycles. The van der Waals surface area contributed by atoms with E-state index in [0.29, 0.717) is 12.5 Å². The Bertz CT molecular complexity index is 414. The molecule has 1 rings (SSSR count). The molecule has 112 valence electrons. The molecule has 2 atom stereocenters. The molecule has 3 N–H and O–H groups in total. The summed E-state index contributed by atoms with van der Waals surface area (Å²) >= 11 is 0. The average molecular weight is 279 g/mol. The number of benzene rings is 1. The summed E-state index contributed by atoms with van der Waals surface area (Å²) in [6.45, 7) is 6.93. The SMILES string of the molecule is CCCNC(CC(=O)O)C(O)c1ccc(C(C)C)cc1. The summed E-state index contributed by atoms with van der Waals surface area (Å²) in [4.78, 5) is 10.9. The molecule has 2 unspecified atom stereocenters. The van der Waals surface area contributed by atoms with Gasteiger partial charge in [-0.05, 0) is 30.0 Å². The Labute approximate surface area is 120 Å². The third-order valence-electron chi connectivity index (χ3n) is 3.38. The van der Waals surface area contributed by atoms with Crippen molar-refractivity contribution in [3.05, 3.63) is 35.4 Å². The molecule has 0 aliphatic rings. The Morgan fingerprint density at radius 3 is 2.20 bits per heavy atom. The van der Waals surface area contributed by atoms with Gasteiger partial charge in [-0.2, -0.15) is 0 Å². The average Bonchev–Trinajstić information content (AvgIpc) is 2.42. The number of aliphatic hydroxyl groups excluding tert-OH is 1. The zero-order valence-electron chi connectivity index (χ0n) is 12.5. The van der Waals surface area contributed by atoms with E-state index in [1.54, 1.807) is 0 Å². The molecule has 0 spiro atoms. The smallest absolute Gasteiger partial charge is 0.305 e. The van der Waals surface area contributed by atoms with Gasteiger partial charge in [-0.1, -0.05) is 45.0 Å². The van der Waals surface area contributed by atoms with Gasteiger partial charge in [0.25, 0.3) is 0 Å². The highest BCUT2D eigenvalue weighted by Crippen LogP contribution is 2.22. The van der Waals surface area contributed by atoms with Crippen LogP contribution in [-0.2, 0) is 4.79 Å². The van der Waals surface area contributed by atoms with Crippen molar-refractivity contribution < 1.29 is 15.0 Å². The summed E-state index contributed by atoms with van der Waals surface area (Å²) in [7, 11) is 0. The lowest BCUT2D eigenvalue weighted by atomic mass is 9.96. The van der Waals surface area contributed by atoms with E-state index in [0.717, 1.165) is 12.0 Å². The summed E-state index contributed by atoms with van der Waals surface area (Å²) in [5.74, 6) is -0.467. The minimum atomic E-state index is -0.906. The number of carboxylic acid groups (broad SMARTS) is 1. The highest BCUT2D eigenvalue weighted by atomic mass is 16.4. The van der Waals surface area contributed by atoms with E-state index in [4.69, 9.17) is 5.11 Å². The van der Waals surface area contributed by atoms with Gasteiger partial charge in [-0.25, -0.2) is 0 Å². The number of rotatable bonds is 8. The zero-order chi connectivity index (χ0) is 15.1. The lowest BCUT2D eigenvalue weighted by Crippen LogP contribution is -2.37. The minimum Gasteiger partial charge on any atom is -0.481 e. The van der Waals surface area contributed by atoms with E-state index in [1.165, 1.54) is 5.56 Å². The van der Waals surface area contributed by atoms with E-state index < -0.39 is 18.1 Å². The minimum absolute atomic E-state index is 0.0902. The molecule has 0 bridgehead atoms. The Morgan fingerprint density at radius 1 is 1.20 bits per heavy atom. The van der Waals surface area contributed by atoms with Gasteiger partial charge in [0, 0.05) is 6.04 Å². The van der Waals surface area contributed by atoms with Gasteiger partial charge in [-0.15, -0.1) is 0 Å². The van der Waals surface area contributed by atoms with Gasteiger partial charge >= 0.3 is 5.97 Å². The van der Waals surface area contributed by atoms with Gasteiger partial charge < -0.3 is 15.5 Å². The summed E-state index contributed by atoms with van der Waals surface area (Å²) < 4.78 is 0. The second kappa shape index (κ2) is 8.02. The second-order valence-electron chi connectivity index (χ2n) is 5.42. The van der Waals surface area contributed by atoms with Gasteiger partial charge in [0.2, 0.25) is 0 Å². The van der Waals surface area contributed by atoms with E-state index in [9.17, 15) is 9.90 Å². The van der Waals surface area contributed by atoms with Crippen molar-refractivity contribution in [2.75, 3.05) is 6.54 Å². The van der Waals surface area contributed by atoms with Crippen LogP contribution in [0.25, 0.3) is 0 Å². The predicted molar refractivity (Wildman–Crippen MR) is 79.8 cm³/mol. The lowest BCUT2D eigenvalue weighted by molar-refractivity contribution is -0.138. The van der Waals surface area contributed by atoms with Crippen LogP contribution in [0, 0.1) is 0 Å². The van der Waals surface area contributed by atoms with E-state index in [-0.39, 0.29) is 6.42 Å². The van der Waals surface area contributed by atoms with Crippen LogP contribution in [0.4, 0.5) is 0 Å². The molecule has 0 saturated heterocycles. The fourth-order valence-electron chi connectivity index (χ4n) is 2.12. The highest BCUT2D eigenvalue weighted by Gasteiger charge is 2.22. The lowest BCUT2D eigenvalue weighted by Gasteiger charge is -2.23. The van der Waals surface area contributed by atoms with Gasteiger partial charge in [0.05, 0.1) is 12.5 Å². The Kier molecular flexibility index (Phi) is 6.68. The fourth-order valence-corrected chi connectivity index (χ4v) is 2.12. The molecule has 20 heavy (non-hydrogen) atoms. The van der Waals surface area contributed by atoms with Crippen molar-refractivity contribution in [3.63, 3.8) is 0 Å². The van der Waals surface area contributed by atoms with Crippen LogP contribution < -0.4 is 5.32 Å². The molecule has 0 radical (unpaired) electrons. The molecule has 1 aromatic carbocycles. The number of hydrogen-bond acceptors (Lipinski definition) is 3. The van der Waals surface area contributed by atoms with Gasteiger partial charge in [0.1, 0.15) is 0 Å². The quantitative estimate of drug-likeness (QED) is 0.684. The van der Waals surface area contributed by atoms with Crippen molar-refractivity contribution >= 4 is 5.97 Å². The first-order chi connectivity index (χ1) is 9.45. The number of carboxylic acids is 1. The molecule has 4 nitrogen and oxygen atoms in total. The molecule has 0 heterocycles. The maximum absolute atomic E-state index is 10.9. The summed E-state index contributed by atoms with van der Waals surface area (Å²) in [5.41, 5.74) is 1.96. The predicted octanol–water partition coefficient (Wildman–Crippen LogP) is 2.69. The summed E-state index contributed by atoms with van der Waals surface area (Å²) in [6.07, 6.45) is 0.00115. The molecular formula is C16H25NO3. The van der Waals surface area contributed by atoms with Crippen molar-refractivity contribution in [2.24, 2.45) is 0 Å². The van der Waals surface area contributed by atoms with E-state index in [2.05, 4.69) is 19.2 Å². The topological polar surface area (TPSA) is 69.6 Å². The first kappa shape index (κ1) is 16.7. The van der Waals surface area contributed by atoms with E-state index in [1.807, 2.05) is 31.2 Å². The Hall–Kier alpha value is -1.39. The highest BCUT2D eigenvalue weighted by molar-refractivity contribution is 5.67. The molecule has 0 saturated carbocycles. The largest absolute Gasteiger partial charge is 0.481 e. The summed E-state index contributed by atoms with van der Waals surface area (Å²) in [5, 5.41) is 22.4. The van der Waals surface area contributed by atoms with Crippen molar-refractivity contribution in [1.29, 1.82) is 0 Å². The van der Waals surface area contributed by atoms with Crippen LogP contribution >= 0.6 is 0 Å². The zero-order valence-corrected chi connectivity index (χ0v) is 12.5. The van der Waals surface area contributed by atoms with Crippen LogP contribution in [0.2, 0.25) is 0 Å². The van der Waals surface area contributed by atoms with Crippen LogP contribution in [-0.4, -0.2) is 28.8 Å². The standard InChI is InChI=1S/C16H25NO3/c1-4-9-17-14(10-15(18)19)16(20)13-7-5-12(6-8-13)11(2)3/h5-8,11,14,16-17,20H,4,9-10H2,1-3H3,(H,18,19). The second-order valence-corrected chi connectivity index (χ2v) is 5.42. The normalized spacial score (nSPS) is 14.2. The van der Waals surface area contributed by atoms with Gasteiger partial charge in [-0.3, -0.25) is 4.79 Å². The maximum Gasteiger partial charge on any atom is 0.305 e. The Morgan fingerprint density at radius 2 is 1.75 bits per heavy atom. The molecule has 0 amide bonds. The first-order valence-corrected chi connectivity index (χ1v) is 7.18. The van der Waals surface area contributed by atoms with Crippen molar-refractivity contribution in [3.8, 4) is 0 Å². The monoisotopic (exact) mass is 279 g/mol. The van der Waals surface area contributed by atoms with Crippen molar-refractivity contribution in [2.45, 2.75) is 51.7 Å². The van der Waals surface area contributed by atoms with Crippen LogP contribution in [0.1, 0.15) is 56.8 Å². The van der Waals surface area contributed by atoms with Crippen LogP contribution in [0.15, 0.2) is 24.3 Å². The first-order valence-electron chi connectivity index (χ1n) is 7.18. The molecule has 4 heteroatoms. The number of carbonyl (C=O) groups is 1. The third-order valence-corrected chi connectivity index (χ3v) is 3.38. The third kappa shape index (κ3) is 4.94. The van der Waals surface area contributed by atoms with E-state index >= 15 is 0 Å². The van der Waals surface area contributed by atoms with Gasteiger partial charge in [0.15, 0.2) is 0 Å². The number of aliphatic carboxylic acids is 1. The molecule has 0 aliphatic carbocycles. The Balaban J connectivity index is 2.81. The number of hydrogen-bond donors (Lipinski definition) is 3. The number of nitrogens with one attached hydrogen (secondary N) is 1. The maximum atomic E-state index is 10.9. The molecule has 1 aromatic rings. The number of aliphatic hydroxyl groups is 1.